The molecule has 4 N–H and O–H groups in total. The van der Waals surface area contributed by atoms with Gasteiger partial charge in [-0.2, -0.15) is 0 Å². The minimum Gasteiger partial charge on any atom is -0.481 e. The van der Waals surface area contributed by atoms with Crippen LogP contribution in [0.5, 0.6) is 0 Å². The van der Waals surface area contributed by atoms with E-state index in [1.165, 1.54) is 6.92 Å². The molecule has 1 rings (SSSR count). The summed E-state index contributed by atoms with van der Waals surface area (Å²) in [6, 6.07) is -0.752. The van der Waals surface area contributed by atoms with E-state index in [1.54, 1.807) is 0 Å². The topological polar surface area (TPSA) is 109 Å². The second kappa shape index (κ2) is 3.65. The van der Waals surface area contributed by atoms with Gasteiger partial charge in [0.25, 0.3) is 0 Å². The lowest BCUT2D eigenvalue weighted by Crippen LogP contribution is -2.43. The Kier molecular flexibility index (Phi) is 2.73. The SMILES string of the molecule is CC(NC(=O)C1CC1C(=O)O)C(N)=O. The van der Waals surface area contributed by atoms with Crippen molar-refractivity contribution in [2.75, 3.05) is 0 Å². The standard InChI is InChI=1S/C8H12N2O4/c1-3(6(9)11)10-7(12)4-2-5(4)8(13)14/h3-5H,2H2,1H3,(H2,9,11)(H,10,12)(H,13,14). The van der Waals surface area contributed by atoms with Crippen LogP contribution in [0, 0.1) is 11.8 Å². The Morgan fingerprint density at radius 3 is 2.36 bits per heavy atom. The van der Waals surface area contributed by atoms with E-state index in [9.17, 15) is 14.4 Å². The van der Waals surface area contributed by atoms with Crippen LogP contribution in [-0.2, 0) is 14.4 Å². The van der Waals surface area contributed by atoms with Crippen molar-refractivity contribution in [3.8, 4) is 0 Å². The van der Waals surface area contributed by atoms with Gasteiger partial charge in [-0.15, -0.1) is 0 Å². The third-order valence-corrected chi connectivity index (χ3v) is 2.23. The normalized spacial score (nSPS) is 26.4. The molecule has 78 valence electrons. The Morgan fingerprint density at radius 1 is 1.43 bits per heavy atom. The molecule has 0 bridgehead atoms. The number of carbonyl (C=O) groups is 3. The molecule has 1 aliphatic rings. The van der Waals surface area contributed by atoms with Gasteiger partial charge in [-0.1, -0.05) is 0 Å². The van der Waals surface area contributed by atoms with Gasteiger partial charge in [0.2, 0.25) is 11.8 Å². The van der Waals surface area contributed by atoms with Crippen molar-refractivity contribution in [1.29, 1.82) is 0 Å². The molecule has 0 aromatic carbocycles. The highest BCUT2D eigenvalue weighted by atomic mass is 16.4. The number of carbonyl (C=O) groups excluding carboxylic acids is 2. The molecule has 0 aromatic rings. The molecule has 0 aliphatic heterocycles. The van der Waals surface area contributed by atoms with Gasteiger partial charge in [0, 0.05) is 0 Å². The van der Waals surface area contributed by atoms with Gasteiger partial charge in [-0.05, 0) is 13.3 Å². The number of hydrogen-bond acceptors (Lipinski definition) is 3. The molecule has 1 fully saturated rings. The monoisotopic (exact) mass is 200 g/mol. The average Bonchev–Trinajstić information content (AvgIpc) is 2.81. The molecule has 6 nitrogen and oxygen atoms in total. The first-order valence-electron chi connectivity index (χ1n) is 4.26. The third kappa shape index (κ3) is 2.21. The lowest BCUT2D eigenvalue weighted by molar-refractivity contribution is -0.140. The zero-order chi connectivity index (χ0) is 10.9. The van der Waals surface area contributed by atoms with E-state index in [0.29, 0.717) is 6.42 Å². The first kappa shape index (κ1) is 10.5. The number of carboxylic acid groups (broad SMARTS) is 1. The van der Waals surface area contributed by atoms with Crippen LogP contribution in [0.3, 0.4) is 0 Å². The molecule has 1 aliphatic carbocycles. The van der Waals surface area contributed by atoms with Gasteiger partial charge < -0.3 is 16.2 Å². The molecule has 1 saturated carbocycles. The number of rotatable bonds is 4. The van der Waals surface area contributed by atoms with Gasteiger partial charge in [0.1, 0.15) is 6.04 Å². The molecular formula is C8H12N2O4. The third-order valence-electron chi connectivity index (χ3n) is 2.23. The van der Waals surface area contributed by atoms with Crippen LogP contribution >= 0.6 is 0 Å². The highest BCUT2D eigenvalue weighted by molar-refractivity contribution is 5.92. The molecule has 0 aromatic heterocycles. The van der Waals surface area contributed by atoms with Gasteiger partial charge in [0.05, 0.1) is 11.8 Å². The van der Waals surface area contributed by atoms with Crippen molar-refractivity contribution in [2.45, 2.75) is 19.4 Å². The van der Waals surface area contributed by atoms with E-state index in [4.69, 9.17) is 10.8 Å². The predicted octanol–water partition coefficient (Wildman–Crippen LogP) is -1.30. The van der Waals surface area contributed by atoms with Crippen molar-refractivity contribution >= 4 is 17.8 Å². The molecule has 0 spiro atoms. The first-order chi connectivity index (χ1) is 6.43. The summed E-state index contributed by atoms with van der Waals surface area (Å²) < 4.78 is 0. The minimum atomic E-state index is -0.975. The number of primary amides is 1. The van der Waals surface area contributed by atoms with Crippen molar-refractivity contribution in [2.24, 2.45) is 17.6 Å². The zero-order valence-electron chi connectivity index (χ0n) is 7.69. The molecule has 0 saturated heterocycles. The fourth-order valence-electron chi connectivity index (χ4n) is 1.15. The van der Waals surface area contributed by atoms with E-state index in [-0.39, 0.29) is 0 Å². The van der Waals surface area contributed by atoms with Crippen LogP contribution in [0.1, 0.15) is 13.3 Å². The maximum atomic E-state index is 11.3. The maximum Gasteiger partial charge on any atom is 0.307 e. The molecule has 3 atom stereocenters. The first-order valence-corrected chi connectivity index (χ1v) is 4.26. The number of nitrogens with two attached hydrogens (primary N) is 1. The Bertz CT molecular complexity index is 289. The summed E-state index contributed by atoms with van der Waals surface area (Å²) in [5.74, 6) is -3.13. The summed E-state index contributed by atoms with van der Waals surface area (Å²) in [6.07, 6.45) is 0.340. The quantitative estimate of drug-likeness (QED) is 0.523. The number of nitrogens with one attached hydrogen (secondary N) is 1. The summed E-state index contributed by atoms with van der Waals surface area (Å²) >= 11 is 0. The van der Waals surface area contributed by atoms with E-state index in [2.05, 4.69) is 5.32 Å². The number of aliphatic carboxylic acids is 1. The second-order valence-corrected chi connectivity index (χ2v) is 3.42. The van der Waals surface area contributed by atoms with Crippen molar-refractivity contribution in [3.63, 3.8) is 0 Å². The van der Waals surface area contributed by atoms with Gasteiger partial charge in [-0.3, -0.25) is 14.4 Å². The van der Waals surface area contributed by atoms with Crippen LogP contribution in [-0.4, -0.2) is 28.9 Å². The van der Waals surface area contributed by atoms with Crippen molar-refractivity contribution in [1.82, 2.24) is 5.32 Å². The summed E-state index contributed by atoms with van der Waals surface area (Å²) in [5.41, 5.74) is 4.93. The summed E-state index contributed by atoms with van der Waals surface area (Å²) in [7, 11) is 0. The largest absolute Gasteiger partial charge is 0.481 e. The van der Waals surface area contributed by atoms with E-state index < -0.39 is 35.7 Å². The predicted molar refractivity (Wildman–Crippen MR) is 46.0 cm³/mol. The fourth-order valence-corrected chi connectivity index (χ4v) is 1.15. The molecule has 2 amide bonds. The molecule has 0 radical (unpaired) electrons. The molecule has 0 heterocycles. The summed E-state index contributed by atoms with van der Waals surface area (Å²) in [5, 5.41) is 10.9. The number of hydrogen-bond donors (Lipinski definition) is 3. The average molecular weight is 200 g/mol. The summed E-state index contributed by atoms with van der Waals surface area (Å²) in [4.78, 5) is 32.3. The van der Waals surface area contributed by atoms with Crippen LogP contribution < -0.4 is 11.1 Å². The lowest BCUT2D eigenvalue weighted by atomic mass is 10.2. The van der Waals surface area contributed by atoms with Crippen molar-refractivity contribution < 1.29 is 19.5 Å². The number of carboxylic acids is 1. The molecular weight excluding hydrogens is 188 g/mol. The lowest BCUT2D eigenvalue weighted by Gasteiger charge is -2.08. The van der Waals surface area contributed by atoms with E-state index >= 15 is 0 Å². The summed E-state index contributed by atoms with van der Waals surface area (Å²) in [6.45, 7) is 1.46. The highest BCUT2D eigenvalue weighted by Gasteiger charge is 2.48. The fraction of sp³-hybridized carbons (Fsp3) is 0.625. The van der Waals surface area contributed by atoms with Gasteiger partial charge >= 0.3 is 5.97 Å². The number of amides is 2. The van der Waals surface area contributed by atoms with Crippen LogP contribution in [0.25, 0.3) is 0 Å². The van der Waals surface area contributed by atoms with Crippen LogP contribution in [0.2, 0.25) is 0 Å². The molecule has 3 unspecified atom stereocenters. The molecule has 6 heteroatoms. The Labute approximate surface area is 80.5 Å². The van der Waals surface area contributed by atoms with Crippen LogP contribution in [0.15, 0.2) is 0 Å². The maximum absolute atomic E-state index is 11.3. The minimum absolute atomic E-state index is 0.340. The van der Waals surface area contributed by atoms with Gasteiger partial charge in [0.15, 0.2) is 0 Å². The zero-order valence-corrected chi connectivity index (χ0v) is 7.69. The van der Waals surface area contributed by atoms with Gasteiger partial charge in [-0.25, -0.2) is 0 Å². The second-order valence-electron chi connectivity index (χ2n) is 3.42. The molecule has 14 heavy (non-hydrogen) atoms. The highest BCUT2D eigenvalue weighted by Crippen LogP contribution is 2.38. The van der Waals surface area contributed by atoms with E-state index in [0.717, 1.165) is 0 Å². The Balaban J connectivity index is 2.38. The van der Waals surface area contributed by atoms with Crippen LogP contribution in [0.4, 0.5) is 0 Å². The van der Waals surface area contributed by atoms with E-state index in [1.807, 2.05) is 0 Å². The Hall–Kier alpha value is -1.59. The van der Waals surface area contributed by atoms with Crippen molar-refractivity contribution in [3.05, 3.63) is 0 Å². The Morgan fingerprint density at radius 2 is 2.00 bits per heavy atom. The smallest absolute Gasteiger partial charge is 0.307 e.